The Bertz CT molecular complexity index is 474. The van der Waals surface area contributed by atoms with Gasteiger partial charge in [0.05, 0.1) is 5.69 Å². The van der Waals surface area contributed by atoms with Crippen LogP contribution in [0.5, 0.6) is 0 Å². The van der Waals surface area contributed by atoms with Crippen LogP contribution in [-0.2, 0) is 0 Å². The maximum atomic E-state index is 12.1. The van der Waals surface area contributed by atoms with Crippen LogP contribution in [0.25, 0.3) is 0 Å². The first-order valence-corrected chi connectivity index (χ1v) is 6.27. The molecule has 1 aromatic rings. The van der Waals surface area contributed by atoms with Crippen molar-refractivity contribution in [3.05, 3.63) is 29.3 Å². The van der Waals surface area contributed by atoms with E-state index in [0.29, 0.717) is 0 Å². The number of carbonyl (C=O) groups excluding carboxylic acids is 1. The minimum Gasteiger partial charge on any atom is -0.370 e. The summed E-state index contributed by atoms with van der Waals surface area (Å²) < 4.78 is 0. The molecule has 0 aliphatic carbocycles. The van der Waals surface area contributed by atoms with Gasteiger partial charge in [0.15, 0.2) is 5.96 Å². The number of rotatable bonds is 2. The van der Waals surface area contributed by atoms with E-state index in [1.165, 1.54) is 0 Å². The molecule has 5 heteroatoms. The van der Waals surface area contributed by atoms with E-state index in [1.807, 2.05) is 45.9 Å². The van der Waals surface area contributed by atoms with Gasteiger partial charge in [-0.25, -0.2) is 4.79 Å². The lowest BCUT2D eigenvalue weighted by atomic mass is 10.1. The number of anilines is 1. The molecule has 0 saturated heterocycles. The van der Waals surface area contributed by atoms with E-state index in [1.54, 1.807) is 11.9 Å². The molecule has 104 valence electrons. The van der Waals surface area contributed by atoms with Gasteiger partial charge in [-0.15, -0.1) is 0 Å². The first-order chi connectivity index (χ1) is 8.82. The SMILES string of the molecule is Cc1cccc(C)c1N(C)C(=O)NC(N)=NC(C)C. The van der Waals surface area contributed by atoms with Crippen molar-refractivity contribution in [2.24, 2.45) is 10.7 Å². The van der Waals surface area contributed by atoms with E-state index in [9.17, 15) is 4.79 Å². The van der Waals surface area contributed by atoms with Crippen molar-refractivity contribution in [3.63, 3.8) is 0 Å². The fraction of sp³-hybridized carbons (Fsp3) is 0.429. The van der Waals surface area contributed by atoms with Crippen molar-refractivity contribution < 1.29 is 4.79 Å². The van der Waals surface area contributed by atoms with E-state index < -0.39 is 0 Å². The number of aryl methyl sites for hydroxylation is 2. The number of nitrogens with zero attached hydrogens (tertiary/aromatic N) is 2. The van der Waals surface area contributed by atoms with Gasteiger partial charge in [0.25, 0.3) is 0 Å². The number of aliphatic imine (C=N–C) groups is 1. The molecule has 0 saturated carbocycles. The van der Waals surface area contributed by atoms with Crippen molar-refractivity contribution in [1.29, 1.82) is 0 Å². The zero-order chi connectivity index (χ0) is 14.6. The van der Waals surface area contributed by atoms with Crippen molar-refractivity contribution in [3.8, 4) is 0 Å². The van der Waals surface area contributed by atoms with Crippen LogP contribution in [0.2, 0.25) is 0 Å². The highest BCUT2D eigenvalue weighted by molar-refractivity contribution is 6.03. The van der Waals surface area contributed by atoms with Crippen LogP contribution in [0.4, 0.5) is 10.5 Å². The minimum atomic E-state index is -0.292. The normalized spacial score (nSPS) is 11.6. The van der Waals surface area contributed by atoms with E-state index >= 15 is 0 Å². The molecule has 3 N–H and O–H groups in total. The molecule has 0 heterocycles. The van der Waals surface area contributed by atoms with Gasteiger partial charge in [-0.3, -0.25) is 15.2 Å². The fourth-order valence-corrected chi connectivity index (χ4v) is 1.94. The van der Waals surface area contributed by atoms with Gasteiger partial charge in [0.2, 0.25) is 0 Å². The zero-order valence-corrected chi connectivity index (χ0v) is 12.2. The number of amides is 2. The van der Waals surface area contributed by atoms with Gasteiger partial charge < -0.3 is 5.73 Å². The average Bonchev–Trinajstić information content (AvgIpc) is 2.26. The summed E-state index contributed by atoms with van der Waals surface area (Å²) in [6.45, 7) is 7.73. The van der Waals surface area contributed by atoms with Crippen LogP contribution in [0.1, 0.15) is 25.0 Å². The second kappa shape index (κ2) is 6.22. The molecule has 1 rings (SSSR count). The maximum absolute atomic E-state index is 12.1. The highest BCUT2D eigenvalue weighted by Crippen LogP contribution is 2.23. The zero-order valence-electron chi connectivity index (χ0n) is 12.2. The number of para-hydroxylation sites is 1. The summed E-state index contributed by atoms with van der Waals surface area (Å²) in [6.07, 6.45) is 0. The highest BCUT2D eigenvalue weighted by atomic mass is 16.2. The number of guanidine groups is 1. The Kier molecular flexibility index (Phi) is 4.92. The molecule has 5 nitrogen and oxygen atoms in total. The molecule has 19 heavy (non-hydrogen) atoms. The Labute approximate surface area is 114 Å². The van der Waals surface area contributed by atoms with Crippen LogP contribution >= 0.6 is 0 Å². The quantitative estimate of drug-likeness (QED) is 0.633. The molecule has 1 aromatic carbocycles. The summed E-state index contributed by atoms with van der Waals surface area (Å²) in [7, 11) is 1.72. The Morgan fingerprint density at radius 2 is 1.84 bits per heavy atom. The lowest BCUT2D eigenvalue weighted by Gasteiger charge is -2.22. The molecule has 0 spiro atoms. The van der Waals surface area contributed by atoms with Crippen LogP contribution in [0.3, 0.4) is 0 Å². The molecule has 0 aromatic heterocycles. The molecular formula is C14H22N4O. The predicted molar refractivity (Wildman–Crippen MR) is 79.6 cm³/mol. The molecule has 0 aliphatic heterocycles. The molecule has 0 unspecified atom stereocenters. The summed E-state index contributed by atoms with van der Waals surface area (Å²) in [5.74, 6) is 0.137. The van der Waals surface area contributed by atoms with Crippen molar-refractivity contribution in [2.75, 3.05) is 11.9 Å². The van der Waals surface area contributed by atoms with Gasteiger partial charge in [-0.1, -0.05) is 18.2 Å². The molecule has 2 amide bonds. The number of nitrogens with two attached hydrogens (primary N) is 1. The number of nitrogens with one attached hydrogen (secondary N) is 1. The van der Waals surface area contributed by atoms with Gasteiger partial charge in [0.1, 0.15) is 0 Å². The van der Waals surface area contributed by atoms with E-state index in [0.717, 1.165) is 16.8 Å². The standard InChI is InChI=1S/C14H22N4O/c1-9(2)16-13(15)17-14(19)18(5)12-10(3)7-6-8-11(12)4/h6-9H,1-5H3,(H3,15,16,17,19). The van der Waals surface area contributed by atoms with Crippen molar-refractivity contribution in [2.45, 2.75) is 33.7 Å². The van der Waals surface area contributed by atoms with Crippen LogP contribution < -0.4 is 16.0 Å². The van der Waals surface area contributed by atoms with Gasteiger partial charge in [-0.2, -0.15) is 0 Å². The number of hydrogen-bond acceptors (Lipinski definition) is 2. The van der Waals surface area contributed by atoms with Crippen molar-refractivity contribution in [1.82, 2.24) is 5.32 Å². The lowest BCUT2D eigenvalue weighted by molar-refractivity contribution is 0.251. The molecule has 0 radical (unpaired) electrons. The Hall–Kier alpha value is -2.04. The van der Waals surface area contributed by atoms with Crippen LogP contribution in [-0.4, -0.2) is 25.1 Å². The van der Waals surface area contributed by atoms with Crippen LogP contribution in [0, 0.1) is 13.8 Å². The molecular weight excluding hydrogens is 240 g/mol. The van der Waals surface area contributed by atoms with Gasteiger partial charge >= 0.3 is 6.03 Å². The topological polar surface area (TPSA) is 70.7 Å². The monoisotopic (exact) mass is 262 g/mol. The predicted octanol–water partition coefficient (Wildman–Crippen LogP) is 2.17. The smallest absolute Gasteiger partial charge is 0.328 e. The maximum Gasteiger partial charge on any atom is 0.328 e. The van der Waals surface area contributed by atoms with E-state index in [4.69, 9.17) is 5.73 Å². The minimum absolute atomic E-state index is 0.0470. The number of hydrogen-bond donors (Lipinski definition) is 2. The highest BCUT2D eigenvalue weighted by Gasteiger charge is 2.15. The largest absolute Gasteiger partial charge is 0.370 e. The van der Waals surface area contributed by atoms with Crippen LogP contribution in [0.15, 0.2) is 23.2 Å². The second-order valence-electron chi connectivity index (χ2n) is 4.84. The summed E-state index contributed by atoms with van der Waals surface area (Å²) >= 11 is 0. The third-order valence-corrected chi connectivity index (χ3v) is 2.71. The Morgan fingerprint density at radius 1 is 1.32 bits per heavy atom. The average molecular weight is 262 g/mol. The summed E-state index contributed by atoms with van der Waals surface area (Å²) in [6, 6.07) is 5.66. The Morgan fingerprint density at radius 3 is 2.32 bits per heavy atom. The summed E-state index contributed by atoms with van der Waals surface area (Å²) in [5, 5.41) is 2.58. The Balaban J connectivity index is 2.89. The lowest BCUT2D eigenvalue weighted by Crippen LogP contribution is -2.45. The summed E-state index contributed by atoms with van der Waals surface area (Å²) in [5.41, 5.74) is 8.62. The first-order valence-electron chi connectivity index (χ1n) is 6.27. The number of benzene rings is 1. The molecule has 0 aliphatic rings. The van der Waals surface area contributed by atoms with Crippen molar-refractivity contribution >= 4 is 17.7 Å². The van der Waals surface area contributed by atoms with E-state index in [2.05, 4.69) is 10.3 Å². The number of urea groups is 1. The van der Waals surface area contributed by atoms with E-state index in [-0.39, 0.29) is 18.0 Å². The molecule has 0 fully saturated rings. The molecule has 0 atom stereocenters. The third kappa shape index (κ3) is 3.98. The molecule has 0 bridgehead atoms. The first kappa shape index (κ1) is 15.0. The third-order valence-electron chi connectivity index (χ3n) is 2.71. The van der Waals surface area contributed by atoms with Gasteiger partial charge in [0, 0.05) is 13.1 Å². The fourth-order valence-electron chi connectivity index (χ4n) is 1.94. The number of carbonyl (C=O) groups is 1. The summed E-state index contributed by atoms with van der Waals surface area (Å²) in [4.78, 5) is 17.7. The second-order valence-corrected chi connectivity index (χ2v) is 4.84. The van der Waals surface area contributed by atoms with Gasteiger partial charge in [-0.05, 0) is 38.8 Å².